The fourth-order valence-electron chi connectivity index (χ4n) is 4.12. The van der Waals surface area contributed by atoms with Gasteiger partial charge in [0.05, 0.1) is 19.4 Å². The minimum atomic E-state index is -0.342. The van der Waals surface area contributed by atoms with Crippen LogP contribution in [0.1, 0.15) is 12.5 Å². The summed E-state index contributed by atoms with van der Waals surface area (Å²) in [5, 5.41) is 6.46. The summed E-state index contributed by atoms with van der Waals surface area (Å²) in [6.07, 6.45) is 3.30. The van der Waals surface area contributed by atoms with Crippen molar-refractivity contribution in [2.45, 2.75) is 19.5 Å². The monoisotopic (exact) mass is 483 g/mol. The van der Waals surface area contributed by atoms with Gasteiger partial charge in [0.15, 0.2) is 5.76 Å². The highest BCUT2D eigenvalue weighted by molar-refractivity contribution is 6.29. The Balaban J connectivity index is 1.45. The predicted molar refractivity (Wildman–Crippen MR) is 128 cm³/mol. The van der Waals surface area contributed by atoms with Crippen LogP contribution in [-0.4, -0.2) is 71.2 Å². The first-order valence-corrected chi connectivity index (χ1v) is 11.6. The topological polar surface area (TPSA) is 109 Å². The average molecular weight is 484 g/mol. The maximum absolute atomic E-state index is 12.1. The Morgan fingerprint density at radius 3 is 2.88 bits per heavy atom. The van der Waals surface area contributed by atoms with Crippen LogP contribution in [0.15, 0.2) is 41.1 Å². The lowest BCUT2D eigenvalue weighted by molar-refractivity contribution is -0.123. The van der Waals surface area contributed by atoms with E-state index in [4.69, 9.17) is 20.8 Å². The number of aromatic nitrogens is 3. The number of benzene rings is 1. The molecular formula is C23H26ClN7O3. The molecule has 4 heterocycles. The summed E-state index contributed by atoms with van der Waals surface area (Å²) in [4.78, 5) is 29.2. The third kappa shape index (κ3) is 5.14. The van der Waals surface area contributed by atoms with Crippen molar-refractivity contribution in [3.63, 3.8) is 0 Å². The Morgan fingerprint density at radius 2 is 2.06 bits per heavy atom. The van der Waals surface area contributed by atoms with Gasteiger partial charge in [-0.25, -0.2) is 15.0 Å². The van der Waals surface area contributed by atoms with Crippen LogP contribution in [0.2, 0.25) is 5.15 Å². The Bertz CT molecular complexity index is 1160. The summed E-state index contributed by atoms with van der Waals surface area (Å²) < 4.78 is 11.6. The van der Waals surface area contributed by atoms with Gasteiger partial charge in [-0.2, -0.15) is 0 Å². The molecule has 2 aliphatic rings. The zero-order chi connectivity index (χ0) is 23.5. The second-order valence-corrected chi connectivity index (χ2v) is 8.69. The first kappa shape index (κ1) is 22.6. The molecule has 2 N–H and O–H groups in total. The largest absolute Gasteiger partial charge is 0.423 e. The van der Waals surface area contributed by atoms with Crippen molar-refractivity contribution >= 4 is 35.2 Å². The zero-order valence-corrected chi connectivity index (χ0v) is 19.6. The normalized spacial score (nSPS) is 19.2. The van der Waals surface area contributed by atoms with E-state index in [-0.39, 0.29) is 11.9 Å². The molecule has 0 bridgehead atoms. The van der Waals surface area contributed by atoms with Crippen molar-refractivity contribution in [1.82, 2.24) is 25.2 Å². The van der Waals surface area contributed by atoms with Crippen molar-refractivity contribution in [3.8, 4) is 11.3 Å². The number of piperazine rings is 1. The van der Waals surface area contributed by atoms with Crippen LogP contribution >= 0.6 is 11.6 Å². The van der Waals surface area contributed by atoms with Crippen LogP contribution < -0.4 is 15.5 Å². The van der Waals surface area contributed by atoms with Crippen molar-refractivity contribution in [3.05, 3.63) is 47.4 Å². The Labute approximate surface area is 202 Å². The van der Waals surface area contributed by atoms with E-state index >= 15 is 0 Å². The van der Waals surface area contributed by atoms with E-state index in [1.54, 1.807) is 18.5 Å². The minimum absolute atomic E-state index is 0.0356. The molecule has 0 aliphatic carbocycles. The summed E-state index contributed by atoms with van der Waals surface area (Å²) in [6.45, 7) is 7.04. The molecule has 0 radical (unpaired) electrons. The molecule has 2 aromatic heterocycles. The molecule has 1 atom stereocenters. The van der Waals surface area contributed by atoms with Crippen molar-refractivity contribution < 1.29 is 13.9 Å². The van der Waals surface area contributed by atoms with Crippen molar-refractivity contribution in [2.75, 3.05) is 49.6 Å². The summed E-state index contributed by atoms with van der Waals surface area (Å²) >= 11 is 6.03. The van der Waals surface area contributed by atoms with Gasteiger partial charge in [-0.1, -0.05) is 11.6 Å². The maximum atomic E-state index is 12.1. The molecule has 2 aliphatic heterocycles. The SMILES string of the molecule is CC1C(=O)NCCN1c1ncc(-c2cc(CN3CCOCC3)cc(Nc3nccc(Cl)n3)c2)o1. The predicted octanol–water partition coefficient (Wildman–Crippen LogP) is 2.69. The molecule has 11 heteroatoms. The molecule has 2 fully saturated rings. The van der Waals surface area contributed by atoms with E-state index in [2.05, 4.69) is 42.6 Å². The number of hydrogen-bond donors (Lipinski definition) is 2. The molecule has 3 aromatic rings. The van der Waals surface area contributed by atoms with E-state index in [1.165, 1.54) is 0 Å². The summed E-state index contributed by atoms with van der Waals surface area (Å²) in [7, 11) is 0. The number of morpholine rings is 1. The fourth-order valence-corrected chi connectivity index (χ4v) is 4.25. The van der Waals surface area contributed by atoms with Crippen LogP contribution in [0.5, 0.6) is 0 Å². The lowest BCUT2D eigenvalue weighted by Gasteiger charge is -2.31. The second-order valence-electron chi connectivity index (χ2n) is 8.30. The zero-order valence-electron chi connectivity index (χ0n) is 18.8. The number of ether oxygens (including phenoxy) is 1. The summed E-state index contributed by atoms with van der Waals surface area (Å²) in [5.41, 5.74) is 2.78. The van der Waals surface area contributed by atoms with E-state index in [1.807, 2.05) is 17.9 Å². The number of nitrogens with one attached hydrogen (secondary N) is 2. The molecule has 0 spiro atoms. The molecular weight excluding hydrogens is 458 g/mol. The van der Waals surface area contributed by atoms with Crippen LogP contribution in [-0.2, 0) is 16.1 Å². The van der Waals surface area contributed by atoms with E-state index in [9.17, 15) is 4.79 Å². The van der Waals surface area contributed by atoms with Crippen LogP contribution in [0, 0.1) is 0 Å². The highest BCUT2D eigenvalue weighted by Gasteiger charge is 2.29. The Hall–Kier alpha value is -3.21. The fraction of sp³-hybridized carbons (Fsp3) is 0.391. The van der Waals surface area contributed by atoms with Crippen LogP contribution in [0.4, 0.5) is 17.7 Å². The molecule has 5 rings (SSSR count). The standard InChI is InChI=1S/C23H26ClN7O3/c1-15-21(32)25-4-5-31(15)23-27-13-19(34-23)17-10-16(14-30-6-8-33-9-7-30)11-18(12-17)28-22-26-3-2-20(24)29-22/h2-3,10-13,15H,4-9,14H2,1H3,(H,25,32)(H,26,28,29). The quantitative estimate of drug-likeness (QED) is 0.511. The molecule has 10 nitrogen and oxygen atoms in total. The van der Waals surface area contributed by atoms with Crippen molar-refractivity contribution in [1.29, 1.82) is 0 Å². The van der Waals surface area contributed by atoms with Gasteiger partial charge in [-0.05, 0) is 36.8 Å². The number of anilines is 3. The number of oxazole rings is 1. The maximum Gasteiger partial charge on any atom is 0.298 e. The molecule has 34 heavy (non-hydrogen) atoms. The average Bonchev–Trinajstić information content (AvgIpc) is 3.32. The first-order chi connectivity index (χ1) is 16.5. The number of carbonyl (C=O) groups is 1. The van der Waals surface area contributed by atoms with Gasteiger partial charge in [0.1, 0.15) is 11.2 Å². The van der Waals surface area contributed by atoms with Gasteiger partial charge < -0.3 is 24.7 Å². The van der Waals surface area contributed by atoms with Gasteiger partial charge in [0.25, 0.3) is 6.01 Å². The molecule has 1 aromatic carbocycles. The van der Waals surface area contributed by atoms with Gasteiger partial charge >= 0.3 is 0 Å². The lowest BCUT2D eigenvalue weighted by atomic mass is 10.1. The molecule has 2 saturated heterocycles. The van der Waals surface area contributed by atoms with Gasteiger partial charge in [0, 0.05) is 50.2 Å². The number of amides is 1. The van der Waals surface area contributed by atoms with E-state index < -0.39 is 0 Å². The van der Waals surface area contributed by atoms with Gasteiger partial charge in [0.2, 0.25) is 11.9 Å². The third-order valence-electron chi connectivity index (χ3n) is 5.90. The molecule has 0 saturated carbocycles. The second kappa shape index (κ2) is 9.96. The van der Waals surface area contributed by atoms with E-state index in [0.717, 1.165) is 49.7 Å². The molecule has 1 amide bonds. The van der Waals surface area contributed by atoms with Gasteiger partial charge in [-0.3, -0.25) is 9.69 Å². The number of halogens is 1. The Kier molecular flexibility index (Phi) is 6.61. The highest BCUT2D eigenvalue weighted by atomic mass is 35.5. The number of nitrogens with zero attached hydrogens (tertiary/aromatic N) is 5. The molecule has 1 unspecified atom stereocenters. The third-order valence-corrected chi connectivity index (χ3v) is 6.11. The van der Waals surface area contributed by atoms with Gasteiger partial charge in [-0.15, -0.1) is 0 Å². The number of hydrogen-bond acceptors (Lipinski definition) is 9. The smallest absolute Gasteiger partial charge is 0.298 e. The van der Waals surface area contributed by atoms with Crippen molar-refractivity contribution in [2.24, 2.45) is 0 Å². The lowest BCUT2D eigenvalue weighted by Crippen LogP contribution is -2.54. The minimum Gasteiger partial charge on any atom is -0.423 e. The van der Waals surface area contributed by atoms with Crippen LogP contribution in [0.25, 0.3) is 11.3 Å². The highest BCUT2D eigenvalue weighted by Crippen LogP contribution is 2.30. The number of carbonyl (C=O) groups excluding carboxylic acids is 1. The summed E-state index contributed by atoms with van der Waals surface area (Å²) in [5.74, 6) is 0.993. The van der Waals surface area contributed by atoms with E-state index in [0.29, 0.717) is 36.0 Å². The number of rotatable bonds is 6. The van der Waals surface area contributed by atoms with Crippen LogP contribution in [0.3, 0.4) is 0 Å². The molecule has 178 valence electrons. The summed E-state index contributed by atoms with van der Waals surface area (Å²) in [6, 6.07) is 7.84. The first-order valence-electron chi connectivity index (χ1n) is 11.3. The Morgan fingerprint density at radius 1 is 1.21 bits per heavy atom.